The smallest absolute Gasteiger partial charge is 0.223 e. The molecule has 1 aliphatic rings. The molecule has 5 nitrogen and oxygen atoms in total. The van der Waals surface area contributed by atoms with Gasteiger partial charge in [0.25, 0.3) is 0 Å². The van der Waals surface area contributed by atoms with Crippen LogP contribution < -0.4 is 10.6 Å². The Labute approximate surface area is 141 Å². The molecule has 1 unspecified atom stereocenters. The summed E-state index contributed by atoms with van der Waals surface area (Å²) in [6.45, 7) is 5.17. The molecule has 0 aliphatic carbocycles. The second-order valence-electron chi connectivity index (χ2n) is 5.97. The van der Waals surface area contributed by atoms with Gasteiger partial charge in [-0.3, -0.25) is 4.79 Å². The molecular formula is C17H22N4OS. The van der Waals surface area contributed by atoms with E-state index in [1.165, 1.54) is 10.9 Å². The molecule has 6 heteroatoms. The molecule has 1 aromatic heterocycles. The molecular weight excluding hydrogens is 308 g/mol. The lowest BCUT2D eigenvalue weighted by Gasteiger charge is -2.18. The number of hydrogen-bond acceptors (Lipinski definition) is 2. The van der Waals surface area contributed by atoms with Gasteiger partial charge < -0.3 is 20.5 Å². The van der Waals surface area contributed by atoms with E-state index >= 15 is 0 Å². The molecule has 0 bridgehead atoms. The summed E-state index contributed by atoms with van der Waals surface area (Å²) in [6, 6.07) is 8.18. The molecule has 2 heterocycles. The van der Waals surface area contributed by atoms with Crippen molar-refractivity contribution in [3.8, 4) is 0 Å². The number of nitrogens with one attached hydrogen (secondary N) is 3. The fourth-order valence-corrected chi connectivity index (χ4v) is 3.22. The third kappa shape index (κ3) is 3.64. The predicted octanol–water partition coefficient (Wildman–Crippen LogP) is 1.65. The Morgan fingerprint density at radius 2 is 2.26 bits per heavy atom. The van der Waals surface area contributed by atoms with Crippen LogP contribution in [-0.2, 0) is 11.2 Å². The molecule has 1 fully saturated rings. The number of benzene rings is 1. The van der Waals surface area contributed by atoms with Gasteiger partial charge in [-0.1, -0.05) is 25.1 Å². The number of H-pyrrole nitrogens is 1. The molecule has 1 aromatic carbocycles. The van der Waals surface area contributed by atoms with Crippen molar-refractivity contribution in [1.82, 2.24) is 20.5 Å². The number of hydrogen-bond donors (Lipinski definition) is 3. The number of fused-ring (bicyclic) bond motifs is 1. The van der Waals surface area contributed by atoms with Crippen LogP contribution in [0.15, 0.2) is 30.5 Å². The van der Waals surface area contributed by atoms with Crippen LogP contribution in [0.3, 0.4) is 0 Å². The maximum atomic E-state index is 12.3. The number of carbonyl (C=O) groups is 1. The van der Waals surface area contributed by atoms with Gasteiger partial charge in [0.05, 0.1) is 0 Å². The van der Waals surface area contributed by atoms with Crippen LogP contribution in [0, 0.1) is 5.92 Å². The third-order valence-electron chi connectivity index (χ3n) is 4.27. The van der Waals surface area contributed by atoms with Gasteiger partial charge in [0.1, 0.15) is 0 Å². The lowest BCUT2D eigenvalue weighted by molar-refractivity contribution is -0.124. The van der Waals surface area contributed by atoms with Crippen molar-refractivity contribution >= 4 is 34.1 Å². The Kier molecular flexibility index (Phi) is 4.81. The van der Waals surface area contributed by atoms with Crippen molar-refractivity contribution in [1.29, 1.82) is 0 Å². The quantitative estimate of drug-likeness (QED) is 0.705. The highest BCUT2D eigenvalue weighted by atomic mass is 32.1. The summed E-state index contributed by atoms with van der Waals surface area (Å²) in [6.07, 6.45) is 2.74. The number of thiocarbonyl (C=S) groups is 1. The van der Waals surface area contributed by atoms with Crippen molar-refractivity contribution < 1.29 is 4.79 Å². The number of amides is 1. The lowest BCUT2D eigenvalue weighted by Crippen LogP contribution is -2.38. The van der Waals surface area contributed by atoms with E-state index in [2.05, 4.69) is 32.7 Å². The summed E-state index contributed by atoms with van der Waals surface area (Å²) in [5.41, 5.74) is 2.30. The molecule has 122 valence electrons. The zero-order valence-electron chi connectivity index (χ0n) is 13.3. The summed E-state index contributed by atoms with van der Waals surface area (Å²) in [7, 11) is 0. The van der Waals surface area contributed by atoms with E-state index in [1.807, 2.05) is 25.3 Å². The van der Waals surface area contributed by atoms with Gasteiger partial charge in [-0.15, -0.1) is 0 Å². The molecule has 3 rings (SSSR count). The summed E-state index contributed by atoms with van der Waals surface area (Å²) in [5, 5.41) is 8.11. The van der Waals surface area contributed by atoms with Gasteiger partial charge in [-0.2, -0.15) is 0 Å². The van der Waals surface area contributed by atoms with Crippen LogP contribution in [0.4, 0.5) is 0 Å². The van der Waals surface area contributed by atoms with E-state index in [0.717, 1.165) is 36.7 Å². The molecule has 3 N–H and O–H groups in total. The Morgan fingerprint density at radius 3 is 3.04 bits per heavy atom. The van der Waals surface area contributed by atoms with Gasteiger partial charge in [0.15, 0.2) is 5.11 Å². The minimum atomic E-state index is -0.0575. The summed E-state index contributed by atoms with van der Waals surface area (Å²) >= 11 is 5.19. The Bertz CT molecular complexity index is 711. The molecule has 0 radical (unpaired) electrons. The van der Waals surface area contributed by atoms with E-state index < -0.39 is 0 Å². The number of nitrogens with zero attached hydrogens (tertiary/aromatic N) is 1. The molecule has 1 saturated heterocycles. The summed E-state index contributed by atoms with van der Waals surface area (Å²) in [4.78, 5) is 17.6. The molecule has 0 spiro atoms. The van der Waals surface area contributed by atoms with Gasteiger partial charge in [0, 0.05) is 49.2 Å². The highest BCUT2D eigenvalue weighted by Crippen LogP contribution is 2.20. The first kappa shape index (κ1) is 15.8. The maximum absolute atomic E-state index is 12.3. The zero-order chi connectivity index (χ0) is 16.2. The minimum absolute atomic E-state index is 0.0575. The van der Waals surface area contributed by atoms with Crippen molar-refractivity contribution in [3.63, 3.8) is 0 Å². The van der Waals surface area contributed by atoms with E-state index in [0.29, 0.717) is 6.54 Å². The van der Waals surface area contributed by atoms with Crippen LogP contribution in [-0.4, -0.2) is 47.1 Å². The average molecular weight is 330 g/mol. The van der Waals surface area contributed by atoms with Gasteiger partial charge in [-0.05, 0) is 30.3 Å². The number of aromatic nitrogens is 1. The highest BCUT2D eigenvalue weighted by Gasteiger charge is 2.18. The minimum Gasteiger partial charge on any atom is -0.361 e. The van der Waals surface area contributed by atoms with Crippen molar-refractivity contribution in [3.05, 3.63) is 36.0 Å². The molecule has 1 atom stereocenters. The Balaban J connectivity index is 1.50. The topological polar surface area (TPSA) is 60.2 Å². The zero-order valence-corrected chi connectivity index (χ0v) is 14.1. The van der Waals surface area contributed by atoms with E-state index in [-0.39, 0.29) is 11.8 Å². The first-order chi connectivity index (χ1) is 11.1. The number of aromatic amines is 1. The number of rotatable bonds is 6. The monoisotopic (exact) mass is 330 g/mol. The van der Waals surface area contributed by atoms with E-state index in [9.17, 15) is 4.79 Å². The average Bonchev–Trinajstić information content (AvgIpc) is 3.14. The predicted molar refractivity (Wildman–Crippen MR) is 96.4 cm³/mol. The fraction of sp³-hybridized carbons (Fsp3) is 0.412. The molecule has 1 amide bonds. The van der Waals surface area contributed by atoms with Crippen LogP contribution in [0.5, 0.6) is 0 Å². The molecule has 1 aliphatic heterocycles. The standard InChI is InChI=1S/C17H22N4OS/c1-12(10-13-11-20-15-5-3-2-4-14(13)15)16(22)18-6-8-21-9-7-19-17(21)23/h2-5,11-12,20H,6-10H2,1H3,(H,18,22)(H,19,23). The first-order valence-corrected chi connectivity index (χ1v) is 8.41. The summed E-state index contributed by atoms with van der Waals surface area (Å²) in [5.74, 6) is 0.0335. The van der Waals surface area contributed by atoms with Crippen LogP contribution in [0.1, 0.15) is 12.5 Å². The van der Waals surface area contributed by atoms with Crippen LogP contribution >= 0.6 is 12.2 Å². The largest absolute Gasteiger partial charge is 0.361 e. The van der Waals surface area contributed by atoms with Crippen molar-refractivity contribution in [2.24, 2.45) is 5.92 Å². The van der Waals surface area contributed by atoms with Crippen molar-refractivity contribution in [2.45, 2.75) is 13.3 Å². The van der Waals surface area contributed by atoms with Gasteiger partial charge in [0.2, 0.25) is 5.91 Å². The van der Waals surface area contributed by atoms with E-state index in [4.69, 9.17) is 12.2 Å². The maximum Gasteiger partial charge on any atom is 0.223 e. The highest BCUT2D eigenvalue weighted by molar-refractivity contribution is 7.80. The van der Waals surface area contributed by atoms with Crippen LogP contribution in [0.25, 0.3) is 10.9 Å². The van der Waals surface area contributed by atoms with E-state index in [1.54, 1.807) is 0 Å². The van der Waals surface area contributed by atoms with Crippen LogP contribution in [0.2, 0.25) is 0 Å². The summed E-state index contributed by atoms with van der Waals surface area (Å²) < 4.78 is 0. The second-order valence-corrected chi connectivity index (χ2v) is 6.36. The van der Waals surface area contributed by atoms with Crippen molar-refractivity contribution in [2.75, 3.05) is 26.2 Å². The number of para-hydroxylation sites is 1. The van der Waals surface area contributed by atoms with Gasteiger partial charge in [-0.25, -0.2) is 0 Å². The molecule has 23 heavy (non-hydrogen) atoms. The second kappa shape index (κ2) is 7.00. The first-order valence-electron chi connectivity index (χ1n) is 8.00. The normalized spacial score (nSPS) is 15.7. The molecule has 2 aromatic rings. The Morgan fingerprint density at radius 1 is 1.43 bits per heavy atom. The lowest BCUT2D eigenvalue weighted by atomic mass is 10.00. The number of carbonyl (C=O) groups excluding carboxylic acids is 1. The third-order valence-corrected chi connectivity index (χ3v) is 4.68. The SMILES string of the molecule is CC(Cc1c[nH]c2ccccc12)C(=O)NCCN1CCNC1=S. The fourth-order valence-electron chi connectivity index (χ4n) is 2.94. The van der Waals surface area contributed by atoms with Gasteiger partial charge >= 0.3 is 0 Å². The Hall–Kier alpha value is -2.08. The molecule has 0 saturated carbocycles.